The lowest BCUT2D eigenvalue weighted by Crippen LogP contribution is -2.28. The van der Waals surface area contributed by atoms with Gasteiger partial charge in [-0.1, -0.05) is 19.1 Å². The van der Waals surface area contributed by atoms with Gasteiger partial charge >= 0.3 is 0 Å². The van der Waals surface area contributed by atoms with Crippen molar-refractivity contribution in [2.75, 3.05) is 16.8 Å². The highest BCUT2D eigenvalue weighted by Crippen LogP contribution is 2.27. The number of non-ortho nitro benzene ring substituents is 1. The summed E-state index contributed by atoms with van der Waals surface area (Å²) in [5, 5.41) is 13.6. The summed E-state index contributed by atoms with van der Waals surface area (Å²) in [4.78, 5) is 36.4. The Morgan fingerprint density at radius 3 is 2.42 bits per heavy atom. The van der Waals surface area contributed by atoms with Crippen LogP contribution in [0, 0.1) is 16.0 Å². The van der Waals surface area contributed by atoms with Gasteiger partial charge in [0.15, 0.2) is 0 Å². The van der Waals surface area contributed by atoms with E-state index in [1.165, 1.54) is 34.7 Å². The third-order valence-electron chi connectivity index (χ3n) is 4.50. The number of carbonyl (C=O) groups is 2. The van der Waals surface area contributed by atoms with E-state index in [9.17, 15) is 19.7 Å². The van der Waals surface area contributed by atoms with Gasteiger partial charge in [0, 0.05) is 36.5 Å². The van der Waals surface area contributed by atoms with E-state index < -0.39 is 10.8 Å². The molecule has 1 aliphatic rings. The topological polar surface area (TPSA) is 92.6 Å². The number of nitrogens with zero attached hydrogens (tertiary/aromatic N) is 2. The average Bonchev–Trinajstić information content (AvgIpc) is 3.04. The van der Waals surface area contributed by atoms with Gasteiger partial charge in [-0.3, -0.25) is 19.7 Å². The second-order valence-electron chi connectivity index (χ2n) is 6.22. The van der Waals surface area contributed by atoms with Gasteiger partial charge in [-0.25, -0.2) is 0 Å². The summed E-state index contributed by atoms with van der Waals surface area (Å²) in [6.45, 7) is 2.32. The Labute approximate surface area is 150 Å². The molecule has 0 unspecified atom stereocenters. The summed E-state index contributed by atoms with van der Waals surface area (Å²) in [5.41, 5.74) is 2.41. The minimum Gasteiger partial charge on any atom is -0.326 e. The van der Waals surface area contributed by atoms with E-state index in [1.54, 1.807) is 0 Å². The minimum absolute atomic E-state index is 0.0368. The minimum atomic E-state index is -0.490. The van der Waals surface area contributed by atoms with E-state index in [1.807, 2.05) is 24.3 Å². The Kier molecular flexibility index (Phi) is 4.97. The summed E-state index contributed by atoms with van der Waals surface area (Å²) >= 11 is 0. The molecule has 0 saturated carbocycles. The van der Waals surface area contributed by atoms with Gasteiger partial charge in [0.25, 0.3) is 5.69 Å². The molecule has 0 aromatic heterocycles. The van der Waals surface area contributed by atoms with Crippen LogP contribution in [0.5, 0.6) is 0 Å². The lowest BCUT2D eigenvalue weighted by Gasteiger charge is -2.16. The molecule has 2 amide bonds. The highest BCUT2D eigenvalue weighted by molar-refractivity contribution is 6.03. The zero-order valence-electron chi connectivity index (χ0n) is 14.3. The van der Waals surface area contributed by atoms with Gasteiger partial charge in [0.2, 0.25) is 11.8 Å². The predicted octanol–water partition coefficient (Wildman–Crippen LogP) is 3.15. The Bertz CT molecular complexity index is 831. The first kappa shape index (κ1) is 17.6. The fourth-order valence-corrected chi connectivity index (χ4v) is 2.96. The molecule has 1 N–H and O–H groups in total. The van der Waals surface area contributed by atoms with E-state index in [4.69, 9.17) is 0 Å². The summed E-state index contributed by atoms with van der Waals surface area (Å²) < 4.78 is 0. The SMILES string of the molecule is CCc1ccc(NC(=O)[C@H]2CC(=O)N(c3ccc([N+](=O)[O-])cc3)C2)cc1. The normalized spacial score (nSPS) is 16.6. The summed E-state index contributed by atoms with van der Waals surface area (Å²) in [7, 11) is 0. The third kappa shape index (κ3) is 3.72. The second kappa shape index (κ2) is 7.35. The summed E-state index contributed by atoms with van der Waals surface area (Å²) in [5.74, 6) is -0.823. The van der Waals surface area contributed by atoms with E-state index in [0.29, 0.717) is 11.4 Å². The summed E-state index contributed by atoms with van der Waals surface area (Å²) in [6, 6.07) is 13.4. The molecule has 7 nitrogen and oxygen atoms in total. The van der Waals surface area contributed by atoms with E-state index >= 15 is 0 Å². The molecule has 3 rings (SSSR count). The van der Waals surface area contributed by atoms with Crippen molar-refractivity contribution in [1.29, 1.82) is 0 Å². The van der Waals surface area contributed by atoms with E-state index in [0.717, 1.165) is 6.42 Å². The maximum absolute atomic E-state index is 12.5. The van der Waals surface area contributed by atoms with Gasteiger partial charge in [0.05, 0.1) is 10.8 Å². The first-order valence-corrected chi connectivity index (χ1v) is 8.42. The van der Waals surface area contributed by atoms with Crippen LogP contribution in [0.3, 0.4) is 0 Å². The Morgan fingerprint density at radius 2 is 1.85 bits per heavy atom. The Morgan fingerprint density at radius 1 is 1.19 bits per heavy atom. The maximum Gasteiger partial charge on any atom is 0.269 e. The maximum atomic E-state index is 12.5. The number of carbonyl (C=O) groups excluding carboxylic acids is 2. The molecular weight excluding hydrogens is 334 g/mol. The van der Waals surface area contributed by atoms with Crippen LogP contribution in [0.1, 0.15) is 18.9 Å². The van der Waals surface area contributed by atoms with Gasteiger partial charge in [-0.05, 0) is 36.2 Å². The lowest BCUT2D eigenvalue weighted by atomic mass is 10.1. The van der Waals surface area contributed by atoms with Crippen LogP contribution in [0.25, 0.3) is 0 Å². The highest BCUT2D eigenvalue weighted by Gasteiger charge is 2.35. The number of aryl methyl sites for hydroxylation is 1. The number of hydrogen-bond donors (Lipinski definition) is 1. The van der Waals surface area contributed by atoms with Crippen molar-refractivity contribution in [2.24, 2.45) is 5.92 Å². The first-order valence-electron chi connectivity index (χ1n) is 8.42. The molecule has 1 saturated heterocycles. The van der Waals surface area contributed by atoms with Crippen LogP contribution < -0.4 is 10.2 Å². The number of hydrogen-bond acceptors (Lipinski definition) is 4. The zero-order chi connectivity index (χ0) is 18.7. The molecule has 134 valence electrons. The molecule has 26 heavy (non-hydrogen) atoms. The number of rotatable bonds is 5. The van der Waals surface area contributed by atoms with Crippen LogP contribution >= 0.6 is 0 Å². The van der Waals surface area contributed by atoms with E-state index in [-0.39, 0.29) is 30.5 Å². The largest absolute Gasteiger partial charge is 0.326 e. The molecule has 0 bridgehead atoms. The number of benzene rings is 2. The molecule has 0 spiro atoms. The number of nitrogens with one attached hydrogen (secondary N) is 1. The van der Waals surface area contributed by atoms with Crippen LogP contribution in [0.4, 0.5) is 17.1 Å². The highest BCUT2D eigenvalue weighted by atomic mass is 16.6. The molecule has 1 fully saturated rings. The van der Waals surface area contributed by atoms with Gasteiger partial charge in [0.1, 0.15) is 0 Å². The van der Waals surface area contributed by atoms with E-state index in [2.05, 4.69) is 12.2 Å². The van der Waals surface area contributed by atoms with Crippen molar-refractivity contribution in [3.8, 4) is 0 Å². The molecular formula is C19H19N3O4. The third-order valence-corrected chi connectivity index (χ3v) is 4.50. The van der Waals surface area contributed by atoms with Crippen LogP contribution in [0.15, 0.2) is 48.5 Å². The standard InChI is InChI=1S/C19H19N3O4/c1-2-13-3-5-15(6-4-13)20-19(24)14-11-18(23)21(12-14)16-7-9-17(10-8-16)22(25)26/h3-10,14H,2,11-12H2,1H3,(H,20,24)/t14-/m0/s1. The van der Waals surface area contributed by atoms with Crippen molar-refractivity contribution >= 4 is 28.9 Å². The van der Waals surface area contributed by atoms with Crippen LogP contribution in [-0.2, 0) is 16.0 Å². The van der Waals surface area contributed by atoms with Gasteiger partial charge in [-0.2, -0.15) is 0 Å². The molecule has 1 atom stereocenters. The number of nitro benzene ring substituents is 1. The monoisotopic (exact) mass is 353 g/mol. The number of anilines is 2. The second-order valence-corrected chi connectivity index (χ2v) is 6.22. The lowest BCUT2D eigenvalue weighted by molar-refractivity contribution is -0.384. The van der Waals surface area contributed by atoms with Gasteiger partial charge < -0.3 is 10.2 Å². The fourth-order valence-electron chi connectivity index (χ4n) is 2.96. The molecule has 1 heterocycles. The quantitative estimate of drug-likeness (QED) is 0.660. The van der Waals surface area contributed by atoms with Crippen LogP contribution in [0.2, 0.25) is 0 Å². The molecule has 2 aromatic carbocycles. The van der Waals surface area contributed by atoms with Crippen molar-refractivity contribution in [2.45, 2.75) is 19.8 Å². The smallest absolute Gasteiger partial charge is 0.269 e. The predicted molar refractivity (Wildman–Crippen MR) is 98.0 cm³/mol. The van der Waals surface area contributed by atoms with Crippen LogP contribution in [-0.4, -0.2) is 23.3 Å². The zero-order valence-corrected chi connectivity index (χ0v) is 14.3. The van der Waals surface area contributed by atoms with Crippen molar-refractivity contribution < 1.29 is 14.5 Å². The molecule has 0 radical (unpaired) electrons. The number of nitro groups is 1. The molecule has 7 heteroatoms. The fraction of sp³-hybridized carbons (Fsp3) is 0.263. The Balaban J connectivity index is 1.66. The van der Waals surface area contributed by atoms with Crippen molar-refractivity contribution in [1.82, 2.24) is 0 Å². The molecule has 0 aliphatic carbocycles. The van der Waals surface area contributed by atoms with Crippen molar-refractivity contribution in [3.63, 3.8) is 0 Å². The van der Waals surface area contributed by atoms with Gasteiger partial charge in [-0.15, -0.1) is 0 Å². The number of amides is 2. The first-order chi connectivity index (χ1) is 12.5. The molecule has 1 aliphatic heterocycles. The Hall–Kier alpha value is -3.22. The summed E-state index contributed by atoms with van der Waals surface area (Å²) in [6.07, 6.45) is 1.05. The molecule has 2 aromatic rings. The van der Waals surface area contributed by atoms with Crippen molar-refractivity contribution in [3.05, 3.63) is 64.2 Å². The average molecular weight is 353 g/mol.